The van der Waals surface area contributed by atoms with Gasteiger partial charge >= 0.3 is 0 Å². The first-order chi connectivity index (χ1) is 9.65. The van der Waals surface area contributed by atoms with Crippen molar-refractivity contribution in [3.8, 4) is 11.4 Å². The van der Waals surface area contributed by atoms with Crippen LogP contribution < -0.4 is 0 Å². The molecule has 0 saturated heterocycles. The summed E-state index contributed by atoms with van der Waals surface area (Å²) >= 11 is 0. The maximum Gasteiger partial charge on any atom is 0.141 e. The number of rotatable bonds is 3. The van der Waals surface area contributed by atoms with Crippen LogP contribution in [-0.4, -0.2) is 9.55 Å². The fraction of sp³-hybridized carbons (Fsp3) is 0.118. The highest BCUT2D eigenvalue weighted by Gasteiger charge is 2.12. The maximum atomic E-state index is 13.4. The van der Waals surface area contributed by atoms with Gasteiger partial charge in [-0.2, -0.15) is 0 Å². The molecule has 0 fully saturated rings. The zero-order chi connectivity index (χ0) is 14.1. The molecule has 0 N–H and O–H groups in total. The van der Waals surface area contributed by atoms with Gasteiger partial charge in [0.2, 0.25) is 0 Å². The van der Waals surface area contributed by atoms with E-state index in [9.17, 15) is 4.39 Å². The van der Waals surface area contributed by atoms with Crippen molar-refractivity contribution in [3.05, 3.63) is 66.5 Å². The molecule has 3 rings (SSSR count). The van der Waals surface area contributed by atoms with Crippen LogP contribution in [-0.2, 0) is 6.54 Å². The monoisotopic (exact) mass is 266 g/mol. The molecule has 0 spiro atoms. The van der Waals surface area contributed by atoms with Crippen molar-refractivity contribution in [2.75, 3.05) is 0 Å². The van der Waals surface area contributed by atoms with Crippen LogP contribution in [0.4, 0.5) is 4.39 Å². The van der Waals surface area contributed by atoms with E-state index in [1.54, 1.807) is 6.07 Å². The van der Waals surface area contributed by atoms with E-state index >= 15 is 0 Å². The topological polar surface area (TPSA) is 17.8 Å². The first-order valence-corrected chi connectivity index (χ1v) is 6.51. The van der Waals surface area contributed by atoms with Gasteiger partial charge in [-0.25, -0.2) is 9.37 Å². The summed E-state index contributed by atoms with van der Waals surface area (Å²) in [6, 6.07) is 14.4. The van der Waals surface area contributed by atoms with Gasteiger partial charge in [0.25, 0.3) is 0 Å². The van der Waals surface area contributed by atoms with Crippen LogP contribution in [0.5, 0.6) is 0 Å². The summed E-state index contributed by atoms with van der Waals surface area (Å²) in [4.78, 5) is 4.63. The lowest BCUT2D eigenvalue weighted by Gasteiger charge is -2.09. The molecule has 2 aromatic carbocycles. The number of allylic oxidation sites excluding steroid dienone is 1. The summed E-state index contributed by atoms with van der Waals surface area (Å²) in [6.45, 7) is 6.62. The Balaban J connectivity index is 2.26. The van der Waals surface area contributed by atoms with Crippen LogP contribution in [0.2, 0.25) is 0 Å². The number of imidazole rings is 1. The molecule has 0 amide bonds. The number of hydrogen-bond acceptors (Lipinski definition) is 1. The smallest absolute Gasteiger partial charge is 0.141 e. The second-order valence-electron chi connectivity index (χ2n) is 4.98. The van der Waals surface area contributed by atoms with Crippen molar-refractivity contribution < 1.29 is 4.39 Å². The van der Waals surface area contributed by atoms with E-state index in [1.807, 2.05) is 37.3 Å². The molecule has 100 valence electrons. The molecular formula is C17H15FN2. The third kappa shape index (κ3) is 2.23. The van der Waals surface area contributed by atoms with E-state index < -0.39 is 0 Å². The zero-order valence-corrected chi connectivity index (χ0v) is 11.3. The predicted molar refractivity (Wildman–Crippen MR) is 79.9 cm³/mol. The van der Waals surface area contributed by atoms with Gasteiger partial charge in [0, 0.05) is 12.1 Å². The number of aromatic nitrogens is 2. The summed E-state index contributed by atoms with van der Waals surface area (Å²) in [6.07, 6.45) is 0. The fourth-order valence-electron chi connectivity index (χ4n) is 2.35. The van der Waals surface area contributed by atoms with Crippen molar-refractivity contribution in [1.82, 2.24) is 9.55 Å². The molecule has 3 heteroatoms. The van der Waals surface area contributed by atoms with E-state index in [-0.39, 0.29) is 5.82 Å². The first-order valence-electron chi connectivity index (χ1n) is 6.51. The highest BCUT2D eigenvalue weighted by molar-refractivity contribution is 5.80. The minimum atomic E-state index is -0.253. The lowest BCUT2D eigenvalue weighted by atomic mass is 10.2. The van der Waals surface area contributed by atoms with E-state index in [4.69, 9.17) is 0 Å². The molecule has 2 nitrogen and oxygen atoms in total. The van der Waals surface area contributed by atoms with Gasteiger partial charge in [0.05, 0.1) is 11.0 Å². The van der Waals surface area contributed by atoms with Crippen LogP contribution in [0.3, 0.4) is 0 Å². The van der Waals surface area contributed by atoms with Crippen LogP contribution in [0, 0.1) is 5.82 Å². The summed E-state index contributed by atoms with van der Waals surface area (Å²) in [5, 5.41) is 0. The molecule has 0 atom stereocenters. The average molecular weight is 266 g/mol. The van der Waals surface area contributed by atoms with Crippen LogP contribution >= 0.6 is 0 Å². The molecule has 0 aliphatic carbocycles. The van der Waals surface area contributed by atoms with Crippen molar-refractivity contribution >= 4 is 11.0 Å². The van der Waals surface area contributed by atoms with Crippen LogP contribution in [0.15, 0.2) is 60.7 Å². The van der Waals surface area contributed by atoms with Crippen molar-refractivity contribution in [2.24, 2.45) is 0 Å². The molecule has 3 aromatic rings. The summed E-state index contributed by atoms with van der Waals surface area (Å²) in [5.41, 5.74) is 3.76. The standard InChI is InChI=1S/C17H15FN2/c1-12(2)11-20-16-9-4-3-8-15(16)19-17(20)13-6-5-7-14(18)10-13/h3-10H,1,11H2,2H3. The Labute approximate surface area is 117 Å². The van der Waals surface area contributed by atoms with Gasteiger partial charge in [0.1, 0.15) is 11.6 Å². The quantitative estimate of drug-likeness (QED) is 0.642. The van der Waals surface area contributed by atoms with Gasteiger partial charge in [0.15, 0.2) is 0 Å². The number of benzene rings is 2. The lowest BCUT2D eigenvalue weighted by molar-refractivity contribution is 0.628. The third-order valence-corrected chi connectivity index (χ3v) is 3.17. The normalized spacial score (nSPS) is 10.9. The lowest BCUT2D eigenvalue weighted by Crippen LogP contribution is -2.01. The van der Waals surface area contributed by atoms with E-state index in [0.29, 0.717) is 6.54 Å². The number of hydrogen-bond donors (Lipinski definition) is 0. The third-order valence-electron chi connectivity index (χ3n) is 3.17. The fourth-order valence-corrected chi connectivity index (χ4v) is 2.35. The molecular weight excluding hydrogens is 251 g/mol. The zero-order valence-electron chi connectivity index (χ0n) is 11.3. The van der Waals surface area contributed by atoms with E-state index in [0.717, 1.165) is 28.0 Å². The van der Waals surface area contributed by atoms with Gasteiger partial charge < -0.3 is 4.57 Å². The highest BCUT2D eigenvalue weighted by atomic mass is 19.1. The molecule has 20 heavy (non-hydrogen) atoms. The summed E-state index contributed by atoms with van der Waals surface area (Å²) in [5.74, 6) is 0.519. The summed E-state index contributed by atoms with van der Waals surface area (Å²) in [7, 11) is 0. The number of fused-ring (bicyclic) bond motifs is 1. The Hall–Kier alpha value is -2.42. The first kappa shape index (κ1) is 12.6. The highest BCUT2D eigenvalue weighted by Crippen LogP contribution is 2.26. The van der Waals surface area contributed by atoms with Gasteiger partial charge in [-0.1, -0.05) is 36.4 Å². The number of halogens is 1. The number of para-hydroxylation sites is 2. The Morgan fingerprint density at radius 3 is 2.75 bits per heavy atom. The Kier molecular flexibility index (Phi) is 3.11. The van der Waals surface area contributed by atoms with Gasteiger partial charge in [-0.15, -0.1) is 0 Å². The molecule has 1 aromatic heterocycles. The molecule has 0 aliphatic heterocycles. The minimum absolute atomic E-state index is 0.253. The predicted octanol–water partition coefficient (Wildman–Crippen LogP) is 4.42. The summed E-state index contributed by atoms with van der Waals surface area (Å²) < 4.78 is 15.5. The molecule has 0 bridgehead atoms. The van der Waals surface area contributed by atoms with E-state index in [1.165, 1.54) is 12.1 Å². The Bertz CT molecular complexity index is 787. The minimum Gasteiger partial charge on any atom is -0.320 e. The Morgan fingerprint density at radius 2 is 2.00 bits per heavy atom. The SMILES string of the molecule is C=C(C)Cn1c(-c2cccc(F)c2)nc2ccccc21. The molecule has 1 heterocycles. The van der Waals surface area contributed by atoms with Crippen LogP contribution in [0.1, 0.15) is 6.92 Å². The van der Waals surface area contributed by atoms with Crippen molar-refractivity contribution in [1.29, 1.82) is 0 Å². The molecule has 0 aliphatic rings. The van der Waals surface area contributed by atoms with Crippen molar-refractivity contribution in [3.63, 3.8) is 0 Å². The maximum absolute atomic E-state index is 13.4. The molecule has 0 unspecified atom stereocenters. The van der Waals surface area contributed by atoms with Crippen molar-refractivity contribution in [2.45, 2.75) is 13.5 Å². The van der Waals surface area contributed by atoms with Gasteiger partial charge in [-0.3, -0.25) is 0 Å². The van der Waals surface area contributed by atoms with Crippen LogP contribution in [0.25, 0.3) is 22.4 Å². The second-order valence-corrected chi connectivity index (χ2v) is 4.98. The Morgan fingerprint density at radius 1 is 1.20 bits per heavy atom. The van der Waals surface area contributed by atoms with Gasteiger partial charge in [-0.05, 0) is 31.2 Å². The number of nitrogens with zero attached hydrogens (tertiary/aromatic N) is 2. The largest absolute Gasteiger partial charge is 0.320 e. The van der Waals surface area contributed by atoms with E-state index in [2.05, 4.69) is 16.1 Å². The molecule has 0 saturated carbocycles. The molecule has 0 radical (unpaired) electrons. The average Bonchev–Trinajstić information content (AvgIpc) is 2.77. The second kappa shape index (κ2) is 4.93.